The van der Waals surface area contributed by atoms with Crippen LogP contribution in [0.2, 0.25) is 5.02 Å². The van der Waals surface area contributed by atoms with Gasteiger partial charge in [-0.25, -0.2) is 4.98 Å². The Labute approximate surface area is 145 Å². The largest absolute Gasteiger partial charge is 0.508 e. The standard InChI is InChI=1S/C21H14ClNO/c22-16-10-8-14(9-11-16)19-13-21(15-4-3-5-17(24)12-15)23-20-7-2-1-6-18(19)20/h1-13,24H. The van der Waals surface area contributed by atoms with Crippen LogP contribution in [0.25, 0.3) is 33.3 Å². The molecule has 24 heavy (non-hydrogen) atoms. The number of nitrogens with zero attached hydrogens (tertiary/aromatic N) is 1. The van der Waals surface area contributed by atoms with Gasteiger partial charge in [-0.05, 0) is 47.5 Å². The highest BCUT2D eigenvalue weighted by atomic mass is 35.5. The van der Waals surface area contributed by atoms with E-state index in [0.717, 1.165) is 33.3 Å². The van der Waals surface area contributed by atoms with Crippen molar-refractivity contribution in [2.75, 3.05) is 0 Å². The third kappa shape index (κ3) is 2.72. The molecule has 0 fully saturated rings. The molecule has 0 aliphatic carbocycles. The van der Waals surface area contributed by atoms with Gasteiger partial charge in [-0.15, -0.1) is 0 Å². The van der Waals surface area contributed by atoms with Crippen LogP contribution in [0.1, 0.15) is 0 Å². The predicted octanol–water partition coefficient (Wildman–Crippen LogP) is 5.93. The Morgan fingerprint density at radius 2 is 1.54 bits per heavy atom. The zero-order valence-electron chi connectivity index (χ0n) is 12.8. The van der Waals surface area contributed by atoms with Crippen molar-refractivity contribution < 1.29 is 5.11 Å². The highest BCUT2D eigenvalue weighted by molar-refractivity contribution is 6.30. The van der Waals surface area contributed by atoms with Gasteiger partial charge in [-0.1, -0.05) is 54.1 Å². The molecule has 116 valence electrons. The number of rotatable bonds is 2. The van der Waals surface area contributed by atoms with Gasteiger partial charge in [0.1, 0.15) is 5.75 Å². The van der Waals surface area contributed by atoms with Gasteiger partial charge in [0.15, 0.2) is 0 Å². The normalized spacial score (nSPS) is 10.9. The Hall–Kier alpha value is -2.84. The summed E-state index contributed by atoms with van der Waals surface area (Å²) in [6.07, 6.45) is 0. The zero-order valence-corrected chi connectivity index (χ0v) is 13.5. The third-order valence-corrected chi connectivity index (χ3v) is 4.27. The number of aromatic hydroxyl groups is 1. The van der Waals surface area contributed by atoms with Crippen LogP contribution in [0.3, 0.4) is 0 Å². The van der Waals surface area contributed by atoms with Gasteiger partial charge in [0.25, 0.3) is 0 Å². The first-order valence-corrected chi connectivity index (χ1v) is 8.04. The number of para-hydroxylation sites is 1. The summed E-state index contributed by atoms with van der Waals surface area (Å²) in [4.78, 5) is 4.75. The van der Waals surface area contributed by atoms with Crippen molar-refractivity contribution >= 4 is 22.5 Å². The summed E-state index contributed by atoms with van der Waals surface area (Å²) in [5.74, 6) is 0.232. The van der Waals surface area contributed by atoms with E-state index in [0.29, 0.717) is 5.02 Å². The first kappa shape index (κ1) is 14.7. The number of phenols is 1. The molecule has 0 bridgehead atoms. The quantitative estimate of drug-likeness (QED) is 0.494. The Morgan fingerprint density at radius 1 is 0.750 bits per heavy atom. The summed E-state index contributed by atoms with van der Waals surface area (Å²) in [7, 11) is 0. The maximum absolute atomic E-state index is 9.76. The van der Waals surface area contributed by atoms with Gasteiger partial charge in [-0.2, -0.15) is 0 Å². The molecule has 0 atom stereocenters. The number of hydrogen-bond acceptors (Lipinski definition) is 2. The van der Waals surface area contributed by atoms with Crippen LogP contribution < -0.4 is 0 Å². The lowest BCUT2D eigenvalue weighted by Crippen LogP contribution is -1.89. The van der Waals surface area contributed by atoms with E-state index in [2.05, 4.69) is 12.1 Å². The summed E-state index contributed by atoms with van der Waals surface area (Å²) in [6, 6.07) is 25.1. The number of benzene rings is 3. The molecule has 0 aliphatic heterocycles. The highest BCUT2D eigenvalue weighted by Crippen LogP contribution is 2.33. The van der Waals surface area contributed by atoms with Gasteiger partial charge in [0.2, 0.25) is 0 Å². The number of halogens is 1. The van der Waals surface area contributed by atoms with Gasteiger partial charge in [-0.3, -0.25) is 0 Å². The second-order valence-electron chi connectivity index (χ2n) is 5.63. The van der Waals surface area contributed by atoms with E-state index < -0.39 is 0 Å². The molecule has 0 radical (unpaired) electrons. The average Bonchev–Trinajstić information content (AvgIpc) is 2.61. The van der Waals surface area contributed by atoms with Crippen LogP contribution in [0.15, 0.2) is 78.9 Å². The number of aromatic nitrogens is 1. The molecule has 1 heterocycles. The minimum atomic E-state index is 0.232. The summed E-state index contributed by atoms with van der Waals surface area (Å²) >= 11 is 6.02. The van der Waals surface area contributed by atoms with Gasteiger partial charge < -0.3 is 5.11 Å². The van der Waals surface area contributed by atoms with Gasteiger partial charge in [0.05, 0.1) is 11.2 Å². The molecule has 3 aromatic carbocycles. The topological polar surface area (TPSA) is 33.1 Å². The van der Waals surface area contributed by atoms with E-state index in [9.17, 15) is 5.11 Å². The van der Waals surface area contributed by atoms with E-state index in [1.807, 2.05) is 54.6 Å². The number of fused-ring (bicyclic) bond motifs is 1. The van der Waals surface area contributed by atoms with Gasteiger partial charge >= 0.3 is 0 Å². The minimum absolute atomic E-state index is 0.232. The molecule has 0 saturated heterocycles. The second kappa shape index (κ2) is 5.99. The van der Waals surface area contributed by atoms with Crippen LogP contribution >= 0.6 is 11.6 Å². The maximum atomic E-state index is 9.76. The molecule has 4 aromatic rings. The molecule has 2 nitrogen and oxygen atoms in total. The van der Waals surface area contributed by atoms with Crippen molar-refractivity contribution in [3.05, 3.63) is 83.9 Å². The van der Waals surface area contributed by atoms with E-state index in [1.165, 1.54) is 0 Å². The predicted molar refractivity (Wildman–Crippen MR) is 99.3 cm³/mol. The number of pyridine rings is 1. The Kier molecular flexibility index (Phi) is 3.68. The van der Waals surface area contributed by atoms with E-state index >= 15 is 0 Å². The molecular weight excluding hydrogens is 318 g/mol. The fraction of sp³-hybridized carbons (Fsp3) is 0. The van der Waals surface area contributed by atoms with Crippen molar-refractivity contribution in [3.63, 3.8) is 0 Å². The lowest BCUT2D eigenvalue weighted by molar-refractivity contribution is 0.475. The van der Waals surface area contributed by atoms with Gasteiger partial charge in [0, 0.05) is 16.0 Å². The van der Waals surface area contributed by atoms with E-state index in [4.69, 9.17) is 16.6 Å². The Morgan fingerprint density at radius 3 is 2.33 bits per heavy atom. The summed E-state index contributed by atoms with van der Waals surface area (Å²) < 4.78 is 0. The third-order valence-electron chi connectivity index (χ3n) is 4.01. The highest BCUT2D eigenvalue weighted by Gasteiger charge is 2.09. The maximum Gasteiger partial charge on any atom is 0.116 e. The molecule has 1 aromatic heterocycles. The van der Waals surface area contributed by atoms with Crippen molar-refractivity contribution in [3.8, 4) is 28.1 Å². The number of hydrogen-bond donors (Lipinski definition) is 1. The monoisotopic (exact) mass is 331 g/mol. The fourth-order valence-electron chi connectivity index (χ4n) is 2.86. The molecule has 1 N–H and O–H groups in total. The van der Waals surface area contributed by atoms with Crippen LogP contribution in [-0.4, -0.2) is 10.1 Å². The van der Waals surface area contributed by atoms with Crippen LogP contribution in [0.5, 0.6) is 5.75 Å². The second-order valence-corrected chi connectivity index (χ2v) is 6.07. The summed E-state index contributed by atoms with van der Waals surface area (Å²) in [5, 5.41) is 11.6. The van der Waals surface area contributed by atoms with E-state index in [1.54, 1.807) is 12.1 Å². The molecule has 0 amide bonds. The fourth-order valence-corrected chi connectivity index (χ4v) is 2.98. The minimum Gasteiger partial charge on any atom is -0.508 e. The van der Waals surface area contributed by atoms with Crippen molar-refractivity contribution in [1.82, 2.24) is 4.98 Å². The summed E-state index contributed by atoms with van der Waals surface area (Å²) in [6.45, 7) is 0. The van der Waals surface area contributed by atoms with E-state index in [-0.39, 0.29) is 5.75 Å². The van der Waals surface area contributed by atoms with Crippen LogP contribution in [-0.2, 0) is 0 Å². The lowest BCUT2D eigenvalue weighted by atomic mass is 9.98. The molecular formula is C21H14ClNO. The number of phenolic OH excluding ortho intramolecular Hbond substituents is 1. The molecule has 0 unspecified atom stereocenters. The Bertz CT molecular complexity index is 1030. The Balaban J connectivity index is 1.99. The molecule has 0 saturated carbocycles. The van der Waals surface area contributed by atoms with Crippen LogP contribution in [0.4, 0.5) is 0 Å². The molecule has 3 heteroatoms. The first-order chi connectivity index (χ1) is 11.7. The average molecular weight is 332 g/mol. The first-order valence-electron chi connectivity index (χ1n) is 7.66. The summed E-state index contributed by atoms with van der Waals surface area (Å²) in [5.41, 5.74) is 4.81. The van der Waals surface area contributed by atoms with Crippen molar-refractivity contribution in [1.29, 1.82) is 0 Å². The van der Waals surface area contributed by atoms with Crippen molar-refractivity contribution in [2.45, 2.75) is 0 Å². The van der Waals surface area contributed by atoms with Crippen LogP contribution in [0, 0.1) is 0 Å². The SMILES string of the molecule is Oc1cccc(-c2cc(-c3ccc(Cl)cc3)c3ccccc3n2)c1. The molecule has 0 aliphatic rings. The smallest absolute Gasteiger partial charge is 0.116 e. The zero-order chi connectivity index (χ0) is 16.5. The van der Waals surface area contributed by atoms with Crippen molar-refractivity contribution in [2.24, 2.45) is 0 Å². The molecule has 4 rings (SSSR count). The molecule has 0 spiro atoms. The lowest BCUT2D eigenvalue weighted by Gasteiger charge is -2.10.